The van der Waals surface area contributed by atoms with Gasteiger partial charge in [-0.2, -0.15) is 0 Å². The number of hydrogen-bond acceptors (Lipinski definition) is 4. The van der Waals surface area contributed by atoms with E-state index in [-0.39, 0.29) is 10.6 Å². The molecule has 18 heavy (non-hydrogen) atoms. The fraction of sp³-hybridized carbons (Fsp3) is 0.538. The first-order chi connectivity index (χ1) is 8.45. The Morgan fingerprint density at radius 3 is 2.39 bits per heavy atom. The maximum Gasteiger partial charge on any atom is 0.271 e. The Hall–Kier alpha value is -1.62. The monoisotopic (exact) mass is 251 g/mol. The number of nitro groups is 1. The predicted octanol–water partition coefficient (Wildman–Crippen LogP) is 2.16. The fourth-order valence-electron chi connectivity index (χ4n) is 1.79. The molecule has 1 aromatic carbocycles. The van der Waals surface area contributed by atoms with E-state index in [0.29, 0.717) is 0 Å². The molecule has 0 aromatic heterocycles. The number of rotatable bonds is 6. The first-order valence-electron chi connectivity index (χ1n) is 6.09. The topological polar surface area (TPSA) is 49.6 Å². The van der Waals surface area contributed by atoms with E-state index >= 15 is 0 Å². The highest BCUT2D eigenvalue weighted by Crippen LogP contribution is 2.25. The van der Waals surface area contributed by atoms with Crippen molar-refractivity contribution in [2.75, 3.05) is 39.1 Å². The Labute approximate surface area is 108 Å². The van der Waals surface area contributed by atoms with E-state index in [1.165, 1.54) is 0 Å². The van der Waals surface area contributed by atoms with Crippen molar-refractivity contribution in [2.45, 2.75) is 13.3 Å². The maximum atomic E-state index is 10.8. The lowest BCUT2D eigenvalue weighted by molar-refractivity contribution is -0.384. The van der Waals surface area contributed by atoms with Gasteiger partial charge in [0.05, 0.1) is 4.92 Å². The summed E-state index contributed by atoms with van der Waals surface area (Å²) in [6, 6.07) is 5.08. The molecule has 0 aliphatic carbocycles. The van der Waals surface area contributed by atoms with Crippen LogP contribution < -0.4 is 4.90 Å². The zero-order valence-corrected chi connectivity index (χ0v) is 11.5. The van der Waals surface area contributed by atoms with E-state index in [2.05, 4.69) is 16.7 Å². The summed E-state index contributed by atoms with van der Waals surface area (Å²) < 4.78 is 0. The fourth-order valence-corrected chi connectivity index (χ4v) is 1.79. The third kappa shape index (κ3) is 3.70. The molecular weight excluding hydrogens is 230 g/mol. The quantitative estimate of drug-likeness (QED) is 0.574. The van der Waals surface area contributed by atoms with Gasteiger partial charge in [0, 0.05) is 38.0 Å². The van der Waals surface area contributed by atoms with Crippen molar-refractivity contribution in [3.05, 3.63) is 33.9 Å². The molecule has 100 valence electrons. The van der Waals surface area contributed by atoms with E-state index < -0.39 is 0 Å². The number of aryl methyl sites for hydroxylation is 1. The zero-order valence-electron chi connectivity index (χ0n) is 11.5. The Kier molecular flexibility index (Phi) is 5.09. The van der Waals surface area contributed by atoms with Crippen LogP contribution in [0, 0.1) is 10.1 Å². The molecule has 5 nitrogen and oxygen atoms in total. The Balaban J connectivity index is 2.96. The highest BCUT2D eigenvalue weighted by Gasteiger charge is 2.13. The second-order valence-corrected chi connectivity index (χ2v) is 4.65. The molecule has 0 heterocycles. The van der Waals surface area contributed by atoms with Crippen LogP contribution in [0.15, 0.2) is 18.2 Å². The molecule has 5 heteroatoms. The number of non-ortho nitro benzene ring substituents is 1. The summed E-state index contributed by atoms with van der Waals surface area (Å²) in [4.78, 5) is 14.6. The second kappa shape index (κ2) is 6.35. The molecule has 1 aromatic rings. The summed E-state index contributed by atoms with van der Waals surface area (Å²) in [5.41, 5.74) is 2.24. The van der Waals surface area contributed by atoms with Crippen LogP contribution in [0.1, 0.15) is 12.5 Å². The first-order valence-corrected chi connectivity index (χ1v) is 6.09. The lowest BCUT2D eigenvalue weighted by Crippen LogP contribution is -2.29. The van der Waals surface area contributed by atoms with Crippen molar-refractivity contribution in [2.24, 2.45) is 0 Å². The molecule has 0 atom stereocenters. The van der Waals surface area contributed by atoms with Gasteiger partial charge in [-0.1, -0.05) is 13.0 Å². The Bertz CT molecular complexity index is 419. The smallest absolute Gasteiger partial charge is 0.271 e. The standard InChI is InChI=1S/C13H21N3O2/c1-5-11-6-7-12(16(17)18)10-13(11)15(4)9-8-14(2)3/h6-7,10H,5,8-9H2,1-4H3. The second-order valence-electron chi connectivity index (χ2n) is 4.65. The molecule has 0 bridgehead atoms. The maximum absolute atomic E-state index is 10.8. The normalized spacial score (nSPS) is 10.7. The number of nitrogens with zero attached hydrogens (tertiary/aromatic N) is 3. The molecule has 0 radical (unpaired) electrons. The molecule has 0 N–H and O–H groups in total. The molecule has 0 spiro atoms. The summed E-state index contributed by atoms with van der Waals surface area (Å²) in [6.07, 6.45) is 0.875. The van der Waals surface area contributed by atoms with Crippen molar-refractivity contribution < 1.29 is 4.92 Å². The third-order valence-electron chi connectivity index (χ3n) is 2.95. The number of hydrogen-bond donors (Lipinski definition) is 0. The molecule has 0 aliphatic rings. The summed E-state index contributed by atoms with van der Waals surface area (Å²) in [5.74, 6) is 0. The van der Waals surface area contributed by atoms with Gasteiger partial charge in [-0.25, -0.2) is 0 Å². The number of likely N-dealkylation sites (N-methyl/N-ethyl adjacent to an activating group) is 2. The molecule has 0 saturated heterocycles. The molecule has 0 aliphatic heterocycles. The highest BCUT2D eigenvalue weighted by atomic mass is 16.6. The van der Waals surface area contributed by atoms with Crippen molar-refractivity contribution in [1.82, 2.24) is 4.90 Å². The van der Waals surface area contributed by atoms with E-state index in [1.54, 1.807) is 12.1 Å². The van der Waals surface area contributed by atoms with Crippen LogP contribution >= 0.6 is 0 Å². The van der Waals surface area contributed by atoms with Crippen molar-refractivity contribution >= 4 is 11.4 Å². The summed E-state index contributed by atoms with van der Waals surface area (Å²) in [5, 5.41) is 10.8. The minimum Gasteiger partial charge on any atom is -0.373 e. The lowest BCUT2D eigenvalue weighted by Gasteiger charge is -2.23. The molecular formula is C13H21N3O2. The van der Waals surface area contributed by atoms with E-state index in [4.69, 9.17) is 0 Å². The number of anilines is 1. The summed E-state index contributed by atoms with van der Waals surface area (Å²) >= 11 is 0. The van der Waals surface area contributed by atoms with E-state index in [0.717, 1.165) is 30.8 Å². The zero-order chi connectivity index (χ0) is 13.7. The summed E-state index contributed by atoms with van der Waals surface area (Å²) in [7, 11) is 6.01. The highest BCUT2D eigenvalue weighted by molar-refractivity contribution is 5.58. The largest absolute Gasteiger partial charge is 0.373 e. The van der Waals surface area contributed by atoms with Gasteiger partial charge < -0.3 is 9.80 Å². The molecule has 0 saturated carbocycles. The Morgan fingerprint density at radius 1 is 1.22 bits per heavy atom. The van der Waals surface area contributed by atoms with Crippen LogP contribution in [-0.2, 0) is 6.42 Å². The van der Waals surface area contributed by atoms with Gasteiger partial charge in [0.15, 0.2) is 0 Å². The van der Waals surface area contributed by atoms with Gasteiger partial charge in [-0.3, -0.25) is 10.1 Å². The minimum absolute atomic E-state index is 0.152. The molecule has 1 rings (SSSR count). The van der Waals surface area contributed by atoms with Crippen molar-refractivity contribution in [3.63, 3.8) is 0 Å². The molecule has 0 fully saturated rings. The van der Waals surface area contributed by atoms with Crippen LogP contribution in [0.2, 0.25) is 0 Å². The Morgan fingerprint density at radius 2 is 1.89 bits per heavy atom. The van der Waals surface area contributed by atoms with Gasteiger partial charge in [-0.15, -0.1) is 0 Å². The number of nitro benzene ring substituents is 1. The van der Waals surface area contributed by atoms with E-state index in [9.17, 15) is 10.1 Å². The SMILES string of the molecule is CCc1ccc([N+](=O)[O-])cc1N(C)CCN(C)C. The van der Waals surface area contributed by atoms with Gasteiger partial charge in [0.1, 0.15) is 0 Å². The van der Waals surface area contributed by atoms with Crippen LogP contribution in [0.3, 0.4) is 0 Å². The molecule has 0 unspecified atom stereocenters. The predicted molar refractivity (Wildman–Crippen MR) is 74.3 cm³/mol. The van der Waals surface area contributed by atoms with Gasteiger partial charge in [0.25, 0.3) is 5.69 Å². The van der Waals surface area contributed by atoms with Crippen LogP contribution in [-0.4, -0.2) is 44.1 Å². The van der Waals surface area contributed by atoms with Gasteiger partial charge in [0.2, 0.25) is 0 Å². The van der Waals surface area contributed by atoms with Crippen LogP contribution in [0.5, 0.6) is 0 Å². The number of benzene rings is 1. The van der Waals surface area contributed by atoms with Gasteiger partial charge >= 0.3 is 0 Å². The minimum atomic E-state index is -0.345. The van der Waals surface area contributed by atoms with Crippen LogP contribution in [0.4, 0.5) is 11.4 Å². The van der Waals surface area contributed by atoms with E-state index in [1.807, 2.05) is 27.2 Å². The third-order valence-corrected chi connectivity index (χ3v) is 2.95. The summed E-state index contributed by atoms with van der Waals surface area (Å²) in [6.45, 7) is 3.83. The molecule has 0 amide bonds. The first kappa shape index (κ1) is 14.4. The average molecular weight is 251 g/mol. The van der Waals surface area contributed by atoms with Crippen molar-refractivity contribution in [1.29, 1.82) is 0 Å². The average Bonchev–Trinajstić information content (AvgIpc) is 2.34. The van der Waals surface area contributed by atoms with Gasteiger partial charge in [-0.05, 0) is 26.1 Å². The van der Waals surface area contributed by atoms with Crippen molar-refractivity contribution in [3.8, 4) is 0 Å². The lowest BCUT2D eigenvalue weighted by atomic mass is 10.1. The van der Waals surface area contributed by atoms with Crippen LogP contribution in [0.25, 0.3) is 0 Å².